The number of nitrogens with zero attached hydrogens (tertiary/aromatic N) is 3. The fourth-order valence-electron chi connectivity index (χ4n) is 4.42. The van der Waals surface area contributed by atoms with Crippen LogP contribution >= 0.6 is 48.0 Å². The lowest BCUT2D eigenvalue weighted by Gasteiger charge is -2.21. The first kappa shape index (κ1) is 36.9. The zero-order chi connectivity index (χ0) is 31.9. The van der Waals surface area contributed by atoms with Crippen molar-refractivity contribution in [1.29, 1.82) is 0 Å². The third kappa shape index (κ3) is 9.24. The van der Waals surface area contributed by atoms with Crippen molar-refractivity contribution >= 4 is 93.8 Å². The Labute approximate surface area is 293 Å². The van der Waals surface area contributed by atoms with Crippen LogP contribution in [-0.2, 0) is 11.4 Å². The number of hydrogen-bond acceptors (Lipinski definition) is 6. The highest BCUT2D eigenvalue weighted by Gasteiger charge is 2.20. The Balaban J connectivity index is 0.00000300. The van der Waals surface area contributed by atoms with Crippen LogP contribution in [0, 0.1) is 6.92 Å². The highest BCUT2D eigenvalue weighted by Crippen LogP contribution is 2.35. The summed E-state index contributed by atoms with van der Waals surface area (Å²) < 4.78 is 6.08. The monoisotopic (exact) mass is 714 g/mol. The Kier molecular flexibility index (Phi) is 13.2. The van der Waals surface area contributed by atoms with Crippen LogP contribution in [0.4, 0.5) is 21.9 Å². The summed E-state index contributed by atoms with van der Waals surface area (Å²) in [7, 11) is 1.55. The predicted octanol–water partition coefficient (Wildman–Crippen LogP) is 7.70. The molecule has 0 fully saturated rings. The molecule has 2 heterocycles. The Hall–Kier alpha value is -4.61. The van der Waals surface area contributed by atoms with Crippen LogP contribution in [0.3, 0.4) is 0 Å². The number of halogens is 4. The summed E-state index contributed by atoms with van der Waals surface area (Å²) in [5, 5.41) is 9.46. The molecule has 3 N–H and O–H groups in total. The van der Waals surface area contributed by atoms with Gasteiger partial charge in [-0.3, -0.25) is 14.6 Å². The number of urea groups is 1. The predicted molar refractivity (Wildman–Crippen MR) is 191 cm³/mol. The van der Waals surface area contributed by atoms with Gasteiger partial charge in [-0.2, -0.15) is 0 Å². The summed E-state index contributed by atoms with van der Waals surface area (Å²) in [6, 6.07) is 22.0. The molecule has 0 spiro atoms. The molecule has 244 valence electrons. The van der Waals surface area contributed by atoms with Crippen LogP contribution in [0.25, 0.3) is 10.9 Å². The van der Waals surface area contributed by atoms with E-state index in [1.807, 2.05) is 37.3 Å². The van der Waals surface area contributed by atoms with Crippen LogP contribution in [0.2, 0.25) is 10.0 Å². The van der Waals surface area contributed by atoms with Crippen molar-refractivity contribution < 1.29 is 19.1 Å². The molecule has 5 rings (SSSR count). The van der Waals surface area contributed by atoms with Crippen LogP contribution in [0.5, 0.6) is 5.75 Å². The summed E-state index contributed by atoms with van der Waals surface area (Å²) in [5.41, 5.74) is 3.71. The molecule has 0 bridgehead atoms. The first-order valence-corrected chi connectivity index (χ1v) is 14.5. The Bertz CT molecular complexity index is 1890. The molecular formula is C33H30Cl4N6O4. The molecule has 0 radical (unpaired) electrons. The molecule has 0 saturated heterocycles. The molecule has 10 nitrogen and oxygen atoms in total. The average Bonchev–Trinajstić information content (AvgIpc) is 3.04. The highest BCUT2D eigenvalue weighted by atomic mass is 35.5. The van der Waals surface area contributed by atoms with Crippen molar-refractivity contribution in [3.05, 3.63) is 118 Å². The number of anilines is 3. The van der Waals surface area contributed by atoms with Gasteiger partial charge in [0.25, 0.3) is 5.91 Å². The second-order valence-corrected chi connectivity index (χ2v) is 10.8. The van der Waals surface area contributed by atoms with E-state index >= 15 is 0 Å². The minimum atomic E-state index is -0.628. The van der Waals surface area contributed by atoms with E-state index in [1.54, 1.807) is 55.7 Å². The van der Waals surface area contributed by atoms with Crippen molar-refractivity contribution in [3.8, 4) is 5.75 Å². The fraction of sp³-hybridized carbons (Fsp3) is 0.121. The number of aromatic nitrogens is 2. The molecule has 0 atom stereocenters. The van der Waals surface area contributed by atoms with Gasteiger partial charge in [-0.05, 0) is 61.5 Å². The maximum absolute atomic E-state index is 13.0. The van der Waals surface area contributed by atoms with Crippen molar-refractivity contribution in [2.45, 2.75) is 13.5 Å². The lowest BCUT2D eigenvalue weighted by molar-refractivity contribution is -0.117. The molecule has 47 heavy (non-hydrogen) atoms. The van der Waals surface area contributed by atoms with Crippen molar-refractivity contribution in [3.63, 3.8) is 0 Å². The third-order valence-corrected chi connectivity index (χ3v) is 7.57. The first-order chi connectivity index (χ1) is 21.7. The van der Waals surface area contributed by atoms with E-state index in [4.69, 9.17) is 27.9 Å². The SMILES string of the molecule is Cc1ccc2cccc(OCc3c(Cl)ccc(N(C)C(=O)CNC(=O)Nc4cccc(C(=O)Nc5cccnc5)c4)c3Cl)c2n1.Cl.Cl. The number of fused-ring (bicyclic) bond motifs is 1. The van der Waals surface area contributed by atoms with Gasteiger partial charge in [0.1, 0.15) is 17.9 Å². The molecule has 0 unspecified atom stereocenters. The van der Waals surface area contributed by atoms with E-state index in [9.17, 15) is 14.4 Å². The van der Waals surface area contributed by atoms with Gasteiger partial charge in [-0.1, -0.05) is 47.5 Å². The zero-order valence-electron chi connectivity index (χ0n) is 25.1. The molecule has 3 aromatic carbocycles. The number of aryl methyl sites for hydroxylation is 1. The van der Waals surface area contributed by atoms with Crippen LogP contribution < -0.4 is 25.6 Å². The number of likely N-dealkylation sites (N-methyl/N-ethyl adjacent to an activating group) is 1. The third-order valence-electron chi connectivity index (χ3n) is 6.80. The smallest absolute Gasteiger partial charge is 0.319 e. The summed E-state index contributed by atoms with van der Waals surface area (Å²) in [5.74, 6) is -0.218. The second-order valence-electron chi connectivity index (χ2n) is 9.97. The van der Waals surface area contributed by atoms with Gasteiger partial charge in [0.2, 0.25) is 5.91 Å². The number of ether oxygens (including phenoxy) is 1. The maximum atomic E-state index is 13.0. The fourth-order valence-corrected chi connectivity index (χ4v) is 5.03. The molecule has 0 aliphatic rings. The second kappa shape index (κ2) is 16.8. The van der Waals surface area contributed by atoms with Gasteiger partial charge in [0, 0.05) is 46.2 Å². The van der Waals surface area contributed by atoms with Gasteiger partial charge >= 0.3 is 6.03 Å². The number of benzene rings is 3. The molecule has 0 aliphatic heterocycles. The molecule has 0 saturated carbocycles. The lowest BCUT2D eigenvalue weighted by atomic mass is 10.1. The molecular weight excluding hydrogens is 686 g/mol. The molecule has 2 aromatic heterocycles. The average molecular weight is 716 g/mol. The molecule has 5 aromatic rings. The van der Waals surface area contributed by atoms with Crippen LogP contribution in [0.1, 0.15) is 21.6 Å². The van der Waals surface area contributed by atoms with Crippen molar-refractivity contribution in [2.24, 2.45) is 0 Å². The highest BCUT2D eigenvalue weighted by molar-refractivity contribution is 6.38. The minimum absolute atomic E-state index is 0. The van der Waals surface area contributed by atoms with Gasteiger partial charge in [-0.15, -0.1) is 24.8 Å². The topological polar surface area (TPSA) is 126 Å². The number of carbonyl (C=O) groups is 3. The van der Waals surface area contributed by atoms with Crippen molar-refractivity contribution in [1.82, 2.24) is 15.3 Å². The number of carbonyl (C=O) groups excluding carboxylic acids is 3. The van der Waals surface area contributed by atoms with Gasteiger partial charge in [0.15, 0.2) is 0 Å². The van der Waals surface area contributed by atoms with Gasteiger partial charge in [-0.25, -0.2) is 9.78 Å². The Morgan fingerprint density at radius 3 is 2.43 bits per heavy atom. The largest absolute Gasteiger partial charge is 0.487 e. The summed E-state index contributed by atoms with van der Waals surface area (Å²) >= 11 is 13.2. The molecule has 14 heteroatoms. The number of rotatable bonds is 9. The number of hydrogen-bond donors (Lipinski definition) is 3. The Morgan fingerprint density at radius 2 is 1.66 bits per heavy atom. The first-order valence-electron chi connectivity index (χ1n) is 13.8. The van der Waals surface area contributed by atoms with Crippen LogP contribution in [0.15, 0.2) is 91.3 Å². The van der Waals surface area contributed by atoms with E-state index in [0.717, 1.165) is 16.6 Å². The summed E-state index contributed by atoms with van der Waals surface area (Å²) in [6.07, 6.45) is 3.13. The minimum Gasteiger partial charge on any atom is -0.487 e. The van der Waals surface area contributed by atoms with Crippen LogP contribution in [-0.4, -0.2) is 41.4 Å². The van der Waals surface area contributed by atoms with E-state index in [1.165, 1.54) is 17.2 Å². The number of nitrogens with one attached hydrogen (secondary N) is 3. The molecule has 4 amide bonds. The normalized spacial score (nSPS) is 10.2. The van der Waals surface area contributed by atoms with E-state index < -0.39 is 11.9 Å². The van der Waals surface area contributed by atoms with Crippen molar-refractivity contribution in [2.75, 3.05) is 29.1 Å². The zero-order valence-corrected chi connectivity index (χ0v) is 28.3. The Morgan fingerprint density at radius 1 is 0.894 bits per heavy atom. The lowest BCUT2D eigenvalue weighted by Crippen LogP contribution is -2.40. The number of amides is 4. The standard InChI is InChI=1S/C33H28Cl2N6O4.2ClH/c1-20-11-12-21-6-4-10-28(31(21)38-20)45-19-25-26(34)13-14-27(30(25)35)41(2)29(42)18-37-33(44)40-23-8-3-7-22(16-23)32(43)39-24-9-5-15-36-17-24;;/h3-17H,18-19H2,1-2H3,(H,39,43)(H2,37,40,44);2*1H. The quantitative estimate of drug-likeness (QED) is 0.144. The summed E-state index contributed by atoms with van der Waals surface area (Å²) in [4.78, 5) is 48.1. The van der Waals surface area contributed by atoms with E-state index in [-0.39, 0.29) is 48.9 Å². The van der Waals surface area contributed by atoms with E-state index in [0.29, 0.717) is 39.0 Å². The van der Waals surface area contributed by atoms with Gasteiger partial charge in [0.05, 0.1) is 29.1 Å². The summed E-state index contributed by atoms with van der Waals surface area (Å²) in [6.45, 7) is 1.63. The maximum Gasteiger partial charge on any atom is 0.319 e. The van der Waals surface area contributed by atoms with Gasteiger partial charge < -0.3 is 25.6 Å². The number of pyridine rings is 2. The van der Waals surface area contributed by atoms with E-state index in [2.05, 4.69) is 25.9 Å². The number of para-hydroxylation sites is 1. The molecule has 0 aliphatic carbocycles.